The van der Waals surface area contributed by atoms with Gasteiger partial charge >= 0.3 is 0 Å². The van der Waals surface area contributed by atoms with Gasteiger partial charge in [-0.15, -0.1) is 0 Å². The molecule has 2 radical (unpaired) electrons. The number of hydrogen-bond acceptors (Lipinski definition) is 2. The first-order valence-corrected chi connectivity index (χ1v) is 5.00. The second-order valence-electron chi connectivity index (χ2n) is 3.50. The van der Waals surface area contributed by atoms with E-state index in [1.165, 1.54) is 6.08 Å². The molecule has 0 saturated heterocycles. The maximum atomic E-state index is 5.54. The zero-order valence-electron chi connectivity index (χ0n) is 8.51. The maximum Gasteiger partial charge on any atom is 0.0973 e. The molecular formula is C14H8N2. The summed E-state index contributed by atoms with van der Waals surface area (Å²) in [6, 6.07) is 14.5. The monoisotopic (exact) mass is 204 g/mol. The second-order valence-corrected chi connectivity index (χ2v) is 3.50. The minimum atomic E-state index is 0.788. The van der Waals surface area contributed by atoms with Crippen LogP contribution in [-0.4, -0.2) is 9.97 Å². The van der Waals surface area contributed by atoms with E-state index in [1.807, 2.05) is 36.4 Å². The van der Waals surface area contributed by atoms with Gasteiger partial charge in [-0.25, -0.2) is 9.97 Å². The highest BCUT2D eigenvalue weighted by molar-refractivity contribution is 5.90. The van der Waals surface area contributed by atoms with Crippen molar-refractivity contribution in [2.24, 2.45) is 0 Å². The summed E-state index contributed by atoms with van der Waals surface area (Å²) in [5.74, 6) is 0. The molecule has 3 rings (SSSR count). The van der Waals surface area contributed by atoms with Crippen LogP contribution in [0.4, 0.5) is 0 Å². The van der Waals surface area contributed by atoms with Crippen molar-refractivity contribution in [1.82, 2.24) is 9.97 Å². The van der Waals surface area contributed by atoms with E-state index in [0.717, 1.165) is 27.6 Å². The van der Waals surface area contributed by atoms with Gasteiger partial charge in [0.25, 0.3) is 0 Å². The fourth-order valence-corrected chi connectivity index (χ4v) is 1.73. The number of para-hydroxylation sites is 2. The first-order chi connectivity index (χ1) is 7.88. The molecule has 2 nitrogen and oxygen atoms in total. The smallest absolute Gasteiger partial charge is 0.0973 e. The first kappa shape index (κ1) is 9.04. The Kier molecular flexibility index (Phi) is 1.93. The van der Waals surface area contributed by atoms with Gasteiger partial charge < -0.3 is 0 Å². The predicted octanol–water partition coefficient (Wildman–Crippen LogP) is 3.03. The molecule has 74 valence electrons. The largest absolute Gasteiger partial charge is 0.244 e. The van der Waals surface area contributed by atoms with Crippen molar-refractivity contribution >= 4 is 28.1 Å². The molecule has 0 bridgehead atoms. The minimum Gasteiger partial charge on any atom is -0.244 e. The van der Waals surface area contributed by atoms with Crippen molar-refractivity contribution in [3.05, 3.63) is 54.6 Å². The molecule has 0 unspecified atom stereocenters. The highest BCUT2D eigenvalue weighted by Crippen LogP contribution is 2.19. The van der Waals surface area contributed by atoms with Gasteiger partial charge in [0.05, 0.1) is 22.1 Å². The average Bonchev–Trinajstić information content (AvgIpc) is 2.35. The summed E-state index contributed by atoms with van der Waals surface area (Å²) in [5.41, 5.74) is 4.19. The quantitative estimate of drug-likeness (QED) is 0.569. The lowest BCUT2D eigenvalue weighted by molar-refractivity contribution is 1.39. The van der Waals surface area contributed by atoms with Gasteiger partial charge in [0.1, 0.15) is 0 Å². The molecular weight excluding hydrogens is 196 g/mol. The summed E-state index contributed by atoms with van der Waals surface area (Å²) in [6.07, 6.45) is 1.51. The summed E-state index contributed by atoms with van der Waals surface area (Å²) >= 11 is 0. The highest BCUT2D eigenvalue weighted by atomic mass is 14.8. The van der Waals surface area contributed by atoms with Crippen molar-refractivity contribution in [3.8, 4) is 0 Å². The lowest BCUT2D eigenvalue weighted by Gasteiger charge is -2.02. The van der Waals surface area contributed by atoms with Crippen LogP contribution in [0.3, 0.4) is 0 Å². The minimum absolute atomic E-state index is 0.788. The van der Waals surface area contributed by atoms with E-state index in [4.69, 9.17) is 6.58 Å². The van der Waals surface area contributed by atoms with E-state index in [1.54, 1.807) is 0 Å². The zero-order chi connectivity index (χ0) is 11.0. The number of rotatable bonds is 1. The van der Waals surface area contributed by atoms with Gasteiger partial charge in [0.2, 0.25) is 0 Å². The molecule has 16 heavy (non-hydrogen) atoms. The number of benzene rings is 2. The van der Waals surface area contributed by atoms with Gasteiger partial charge in [-0.05, 0) is 24.3 Å². The van der Waals surface area contributed by atoms with E-state index in [9.17, 15) is 0 Å². The molecule has 0 fully saturated rings. The molecule has 0 atom stereocenters. The van der Waals surface area contributed by atoms with Gasteiger partial charge in [-0.2, -0.15) is 0 Å². The Balaban J connectivity index is 2.51. The zero-order valence-corrected chi connectivity index (χ0v) is 8.51. The average molecular weight is 204 g/mol. The van der Waals surface area contributed by atoms with Gasteiger partial charge in [0, 0.05) is 5.56 Å². The molecule has 0 amide bonds. The molecule has 2 aromatic carbocycles. The Labute approximate surface area is 93.3 Å². The van der Waals surface area contributed by atoms with Crippen molar-refractivity contribution in [2.75, 3.05) is 0 Å². The summed E-state index contributed by atoms with van der Waals surface area (Å²) in [7, 11) is 0. The molecule has 0 aliphatic heterocycles. The van der Waals surface area contributed by atoms with Crippen molar-refractivity contribution in [3.63, 3.8) is 0 Å². The van der Waals surface area contributed by atoms with Crippen molar-refractivity contribution < 1.29 is 0 Å². The Hall–Kier alpha value is -2.22. The Bertz CT molecular complexity index is 686. The first-order valence-electron chi connectivity index (χ1n) is 5.00. The molecule has 3 aromatic rings. The SMILES string of the molecule is [CH]=Cc1[c]ccc2nc3ccccc3nc12. The van der Waals surface area contributed by atoms with Gasteiger partial charge in [0.15, 0.2) is 0 Å². The van der Waals surface area contributed by atoms with Crippen LogP contribution in [0, 0.1) is 12.6 Å². The third kappa shape index (κ3) is 1.27. The normalized spacial score (nSPS) is 10.8. The third-order valence-electron chi connectivity index (χ3n) is 2.50. The van der Waals surface area contributed by atoms with E-state index in [-0.39, 0.29) is 0 Å². The molecule has 0 aliphatic carbocycles. The standard InChI is InChI=1S/C14H8N2/c1-2-10-6-5-9-13-14(10)16-12-8-4-3-7-11(12)15-13/h1-5,7-9H. The topological polar surface area (TPSA) is 25.8 Å². The lowest BCUT2D eigenvalue weighted by Crippen LogP contribution is -1.89. The van der Waals surface area contributed by atoms with Crippen LogP contribution < -0.4 is 0 Å². The van der Waals surface area contributed by atoms with Crippen molar-refractivity contribution in [2.45, 2.75) is 0 Å². The van der Waals surface area contributed by atoms with Crippen LogP contribution in [0.5, 0.6) is 0 Å². The van der Waals surface area contributed by atoms with Crippen LogP contribution in [0.15, 0.2) is 36.4 Å². The van der Waals surface area contributed by atoms with E-state index < -0.39 is 0 Å². The molecule has 1 aromatic heterocycles. The molecule has 2 heteroatoms. The van der Waals surface area contributed by atoms with Crippen LogP contribution in [0.2, 0.25) is 0 Å². The van der Waals surface area contributed by atoms with Crippen LogP contribution in [0.1, 0.15) is 5.56 Å². The second kappa shape index (κ2) is 3.42. The van der Waals surface area contributed by atoms with E-state index in [2.05, 4.69) is 16.0 Å². The number of aromatic nitrogens is 2. The number of hydrogen-bond donors (Lipinski definition) is 0. The molecule has 1 heterocycles. The lowest BCUT2D eigenvalue weighted by atomic mass is 10.1. The fourth-order valence-electron chi connectivity index (χ4n) is 1.73. The molecule has 0 N–H and O–H groups in total. The number of nitrogens with zero attached hydrogens (tertiary/aromatic N) is 2. The fraction of sp³-hybridized carbons (Fsp3) is 0. The molecule has 0 saturated carbocycles. The third-order valence-corrected chi connectivity index (χ3v) is 2.50. The number of fused-ring (bicyclic) bond motifs is 2. The van der Waals surface area contributed by atoms with Crippen LogP contribution in [-0.2, 0) is 0 Å². The van der Waals surface area contributed by atoms with Crippen LogP contribution >= 0.6 is 0 Å². The van der Waals surface area contributed by atoms with Gasteiger partial charge in [-0.1, -0.05) is 30.9 Å². The Morgan fingerprint density at radius 2 is 1.75 bits per heavy atom. The summed E-state index contributed by atoms with van der Waals surface area (Å²) < 4.78 is 0. The summed E-state index contributed by atoms with van der Waals surface area (Å²) in [4.78, 5) is 9.07. The Morgan fingerprint density at radius 3 is 2.50 bits per heavy atom. The van der Waals surface area contributed by atoms with E-state index >= 15 is 0 Å². The summed E-state index contributed by atoms with van der Waals surface area (Å²) in [5, 5.41) is 0. The summed E-state index contributed by atoms with van der Waals surface area (Å²) in [6.45, 7) is 5.54. The van der Waals surface area contributed by atoms with Gasteiger partial charge in [-0.3, -0.25) is 0 Å². The molecule has 0 aliphatic rings. The van der Waals surface area contributed by atoms with E-state index in [0.29, 0.717) is 0 Å². The maximum absolute atomic E-state index is 5.54. The molecule has 0 spiro atoms. The Morgan fingerprint density at radius 1 is 1.00 bits per heavy atom. The van der Waals surface area contributed by atoms with Crippen LogP contribution in [0.25, 0.3) is 28.1 Å². The predicted molar refractivity (Wildman–Crippen MR) is 64.6 cm³/mol. The highest BCUT2D eigenvalue weighted by Gasteiger charge is 2.03. The van der Waals surface area contributed by atoms with Crippen molar-refractivity contribution in [1.29, 1.82) is 0 Å².